The van der Waals surface area contributed by atoms with Crippen LogP contribution in [0.1, 0.15) is 42.9 Å². The molecule has 1 saturated carbocycles. The summed E-state index contributed by atoms with van der Waals surface area (Å²) in [6.07, 6.45) is 3.96. The number of phenols is 1. The molecular weight excluding hydrogens is 434 g/mol. The van der Waals surface area contributed by atoms with Gasteiger partial charge in [0.05, 0.1) is 31.8 Å². The summed E-state index contributed by atoms with van der Waals surface area (Å²) in [7, 11) is 3.18. The SMILES string of the molecule is COc1ccc(CCN2C(=O)C3=C(C(=O)C4CCCCC4O3)C2c2ccc(O)cc2)cc1OC. The average Bonchev–Trinajstić information content (AvgIpc) is 3.14. The Morgan fingerprint density at radius 3 is 2.47 bits per heavy atom. The summed E-state index contributed by atoms with van der Waals surface area (Å²) in [5.41, 5.74) is 2.24. The van der Waals surface area contributed by atoms with Gasteiger partial charge in [0.2, 0.25) is 0 Å². The zero-order valence-electron chi connectivity index (χ0n) is 19.5. The lowest BCUT2D eigenvalue weighted by atomic mass is 9.77. The smallest absolute Gasteiger partial charge is 0.290 e. The topological polar surface area (TPSA) is 85.3 Å². The maximum atomic E-state index is 13.6. The Kier molecular flexibility index (Phi) is 5.94. The maximum Gasteiger partial charge on any atom is 0.290 e. The molecule has 0 spiro atoms. The number of amides is 1. The first-order valence-electron chi connectivity index (χ1n) is 11.8. The van der Waals surface area contributed by atoms with Crippen LogP contribution < -0.4 is 9.47 Å². The summed E-state index contributed by atoms with van der Waals surface area (Å²) in [6, 6.07) is 11.9. The third kappa shape index (κ3) is 3.79. The van der Waals surface area contributed by atoms with Crippen molar-refractivity contribution < 1.29 is 28.9 Å². The van der Waals surface area contributed by atoms with Gasteiger partial charge in [-0.1, -0.05) is 24.6 Å². The molecule has 7 nitrogen and oxygen atoms in total. The Bertz CT molecular complexity index is 1140. The molecule has 2 aliphatic heterocycles. The number of aromatic hydroxyl groups is 1. The van der Waals surface area contributed by atoms with Crippen LogP contribution in [0.25, 0.3) is 0 Å². The molecule has 1 fully saturated rings. The summed E-state index contributed by atoms with van der Waals surface area (Å²) in [5.74, 6) is 1.21. The van der Waals surface area contributed by atoms with Gasteiger partial charge in [0, 0.05) is 6.54 Å². The van der Waals surface area contributed by atoms with E-state index in [4.69, 9.17) is 14.2 Å². The van der Waals surface area contributed by atoms with Crippen molar-refractivity contribution in [3.8, 4) is 17.2 Å². The molecule has 1 amide bonds. The van der Waals surface area contributed by atoms with Crippen molar-refractivity contribution >= 4 is 11.7 Å². The van der Waals surface area contributed by atoms with Gasteiger partial charge in [-0.15, -0.1) is 0 Å². The molecule has 0 aromatic heterocycles. The van der Waals surface area contributed by atoms with Crippen LogP contribution >= 0.6 is 0 Å². The zero-order valence-corrected chi connectivity index (χ0v) is 19.5. The highest BCUT2D eigenvalue weighted by molar-refractivity contribution is 6.11. The third-order valence-electron chi connectivity index (χ3n) is 7.16. The largest absolute Gasteiger partial charge is 0.508 e. The van der Waals surface area contributed by atoms with Crippen LogP contribution in [0.4, 0.5) is 0 Å². The molecule has 0 radical (unpaired) electrons. The fourth-order valence-corrected chi connectivity index (χ4v) is 5.41. The van der Waals surface area contributed by atoms with Crippen molar-refractivity contribution in [3.05, 3.63) is 64.9 Å². The lowest BCUT2D eigenvalue weighted by molar-refractivity contribution is -0.135. The van der Waals surface area contributed by atoms with Crippen LogP contribution in [0.3, 0.4) is 0 Å². The molecule has 3 aliphatic rings. The number of nitrogens with zero attached hydrogens (tertiary/aromatic N) is 1. The van der Waals surface area contributed by atoms with E-state index >= 15 is 0 Å². The molecule has 2 aromatic carbocycles. The molecular formula is C27H29NO6. The monoisotopic (exact) mass is 463 g/mol. The van der Waals surface area contributed by atoms with Crippen molar-refractivity contribution in [2.45, 2.75) is 44.2 Å². The summed E-state index contributed by atoms with van der Waals surface area (Å²) >= 11 is 0. The van der Waals surface area contributed by atoms with Gasteiger partial charge in [-0.2, -0.15) is 0 Å². The first kappa shape index (κ1) is 22.3. The number of Topliss-reactive ketones (excluding diaryl/α,β-unsaturated/α-hetero) is 1. The van der Waals surface area contributed by atoms with Gasteiger partial charge in [-0.3, -0.25) is 9.59 Å². The van der Waals surface area contributed by atoms with Crippen molar-refractivity contribution in [2.24, 2.45) is 5.92 Å². The Balaban J connectivity index is 1.47. The number of hydrogen-bond donors (Lipinski definition) is 1. The van der Waals surface area contributed by atoms with E-state index in [1.54, 1.807) is 43.4 Å². The second-order valence-electron chi connectivity index (χ2n) is 9.09. The van der Waals surface area contributed by atoms with Gasteiger partial charge in [-0.05, 0) is 61.1 Å². The Labute approximate surface area is 198 Å². The van der Waals surface area contributed by atoms with Crippen molar-refractivity contribution in [2.75, 3.05) is 20.8 Å². The molecule has 3 atom stereocenters. The van der Waals surface area contributed by atoms with E-state index in [0.29, 0.717) is 30.0 Å². The number of carbonyl (C=O) groups is 2. The molecule has 0 bridgehead atoms. The summed E-state index contributed by atoms with van der Waals surface area (Å²) in [5, 5.41) is 9.79. The standard InChI is InChI=1S/C27H29NO6/c1-32-21-12-7-16(15-22(21)33-2)13-14-28-24(17-8-10-18(29)11-9-17)23-25(30)19-5-3-4-6-20(19)34-26(23)27(28)31/h7-12,15,19-20,24,29H,3-6,13-14H2,1-2H3. The van der Waals surface area contributed by atoms with Gasteiger partial charge >= 0.3 is 0 Å². The van der Waals surface area contributed by atoms with Crippen LogP contribution in [0.2, 0.25) is 0 Å². The van der Waals surface area contributed by atoms with Gasteiger partial charge in [0.15, 0.2) is 23.0 Å². The maximum absolute atomic E-state index is 13.6. The van der Waals surface area contributed by atoms with Crippen LogP contribution in [0.15, 0.2) is 53.8 Å². The highest BCUT2D eigenvalue weighted by Crippen LogP contribution is 2.47. The zero-order chi connectivity index (χ0) is 23.8. The van der Waals surface area contributed by atoms with Gasteiger partial charge in [0.25, 0.3) is 5.91 Å². The number of rotatable bonds is 6. The second kappa shape index (κ2) is 9.05. The number of methoxy groups -OCH3 is 2. The van der Waals surface area contributed by atoms with Crippen LogP contribution in [0, 0.1) is 5.92 Å². The summed E-state index contributed by atoms with van der Waals surface area (Å²) in [6.45, 7) is 0.402. The highest BCUT2D eigenvalue weighted by atomic mass is 16.5. The molecule has 5 rings (SSSR count). The number of fused-ring (bicyclic) bond motifs is 1. The number of hydrogen-bond acceptors (Lipinski definition) is 6. The first-order valence-corrected chi connectivity index (χ1v) is 11.8. The fraction of sp³-hybridized carbons (Fsp3) is 0.407. The third-order valence-corrected chi connectivity index (χ3v) is 7.16. The van der Waals surface area contributed by atoms with Crippen LogP contribution in [-0.4, -0.2) is 48.6 Å². The van der Waals surface area contributed by atoms with Crippen molar-refractivity contribution in [1.82, 2.24) is 4.90 Å². The van der Waals surface area contributed by atoms with Gasteiger partial charge in [-0.25, -0.2) is 0 Å². The predicted octanol–water partition coefficient (Wildman–Crippen LogP) is 3.95. The molecule has 3 unspecified atom stereocenters. The van der Waals surface area contributed by atoms with E-state index in [0.717, 1.165) is 36.8 Å². The molecule has 0 saturated heterocycles. The van der Waals surface area contributed by atoms with E-state index in [2.05, 4.69) is 0 Å². The molecule has 34 heavy (non-hydrogen) atoms. The number of phenolic OH excluding ortho intramolecular Hbond substituents is 1. The number of ketones is 1. The lowest BCUT2D eigenvalue weighted by Gasteiger charge is -2.35. The fourth-order valence-electron chi connectivity index (χ4n) is 5.41. The lowest BCUT2D eigenvalue weighted by Crippen LogP contribution is -2.39. The number of benzene rings is 2. The molecule has 2 aromatic rings. The minimum Gasteiger partial charge on any atom is -0.508 e. The molecule has 1 aliphatic carbocycles. The quantitative estimate of drug-likeness (QED) is 0.698. The molecule has 2 heterocycles. The average molecular weight is 464 g/mol. The molecule has 7 heteroatoms. The minimum atomic E-state index is -0.529. The highest BCUT2D eigenvalue weighted by Gasteiger charge is 2.51. The first-order chi connectivity index (χ1) is 16.5. The van der Waals surface area contributed by atoms with E-state index in [1.807, 2.05) is 18.2 Å². The second-order valence-corrected chi connectivity index (χ2v) is 9.09. The summed E-state index contributed by atoms with van der Waals surface area (Å²) in [4.78, 5) is 28.9. The molecule has 178 valence electrons. The molecule has 1 N–H and O–H groups in total. The van der Waals surface area contributed by atoms with Crippen molar-refractivity contribution in [3.63, 3.8) is 0 Å². The Hall–Kier alpha value is -3.48. The van der Waals surface area contributed by atoms with E-state index in [-0.39, 0.29) is 35.2 Å². The Morgan fingerprint density at radius 1 is 1.00 bits per heavy atom. The van der Waals surface area contributed by atoms with E-state index < -0.39 is 6.04 Å². The predicted molar refractivity (Wildman–Crippen MR) is 125 cm³/mol. The minimum absolute atomic E-state index is 0.0333. The van der Waals surface area contributed by atoms with Gasteiger partial charge < -0.3 is 24.2 Å². The van der Waals surface area contributed by atoms with E-state index in [1.165, 1.54) is 0 Å². The van der Waals surface area contributed by atoms with Crippen LogP contribution in [0.5, 0.6) is 17.2 Å². The number of carbonyl (C=O) groups excluding carboxylic acids is 2. The van der Waals surface area contributed by atoms with Crippen molar-refractivity contribution in [1.29, 1.82) is 0 Å². The number of ether oxygens (including phenoxy) is 3. The van der Waals surface area contributed by atoms with Crippen LogP contribution in [-0.2, 0) is 20.7 Å². The Morgan fingerprint density at radius 2 is 1.74 bits per heavy atom. The van der Waals surface area contributed by atoms with E-state index in [9.17, 15) is 14.7 Å². The normalized spacial score (nSPS) is 23.9. The summed E-state index contributed by atoms with van der Waals surface area (Å²) < 4.78 is 16.9. The van der Waals surface area contributed by atoms with Gasteiger partial charge in [0.1, 0.15) is 11.9 Å².